The van der Waals surface area contributed by atoms with Crippen molar-refractivity contribution in [2.75, 3.05) is 20.3 Å². The lowest BCUT2D eigenvalue weighted by Gasteiger charge is -2.25. The van der Waals surface area contributed by atoms with Crippen molar-refractivity contribution in [3.8, 4) is 0 Å². The van der Waals surface area contributed by atoms with Crippen molar-refractivity contribution in [3.05, 3.63) is 70.7 Å². The van der Waals surface area contributed by atoms with Gasteiger partial charge in [-0.25, -0.2) is 0 Å². The molecule has 0 N–H and O–H groups in total. The number of hydrogen-bond donors (Lipinski definition) is 0. The van der Waals surface area contributed by atoms with Gasteiger partial charge >= 0.3 is 5.97 Å². The van der Waals surface area contributed by atoms with Gasteiger partial charge in [-0.15, -0.1) is 0 Å². The van der Waals surface area contributed by atoms with Crippen molar-refractivity contribution in [1.29, 1.82) is 0 Å². The number of halogens is 1. The number of benzene rings is 2. The van der Waals surface area contributed by atoms with Crippen molar-refractivity contribution in [3.63, 3.8) is 0 Å². The summed E-state index contributed by atoms with van der Waals surface area (Å²) in [5, 5.41) is 0.602. The van der Waals surface area contributed by atoms with Gasteiger partial charge < -0.3 is 14.4 Å². The Morgan fingerprint density at radius 3 is 2.41 bits per heavy atom. The van der Waals surface area contributed by atoms with Crippen LogP contribution in [-0.2, 0) is 32.2 Å². The van der Waals surface area contributed by atoms with Crippen LogP contribution in [0.15, 0.2) is 54.6 Å². The Morgan fingerprint density at radius 2 is 1.74 bits per heavy atom. The molecule has 0 radical (unpaired) electrons. The highest BCUT2D eigenvalue weighted by Gasteiger charge is 2.22. The van der Waals surface area contributed by atoms with E-state index in [0.717, 1.165) is 11.1 Å². The van der Waals surface area contributed by atoms with Gasteiger partial charge in [0.2, 0.25) is 5.91 Å². The van der Waals surface area contributed by atoms with E-state index in [-0.39, 0.29) is 31.6 Å². The average Bonchev–Trinajstić information content (AvgIpc) is 2.68. The van der Waals surface area contributed by atoms with Crippen molar-refractivity contribution < 1.29 is 19.1 Å². The third kappa shape index (κ3) is 6.70. The predicted molar refractivity (Wildman–Crippen MR) is 104 cm³/mol. The molecule has 0 spiro atoms. The Morgan fingerprint density at radius 1 is 1.07 bits per heavy atom. The molecule has 27 heavy (non-hydrogen) atoms. The first kappa shape index (κ1) is 20.9. The maximum Gasteiger partial charge on any atom is 0.310 e. The van der Waals surface area contributed by atoms with Crippen LogP contribution in [-0.4, -0.2) is 37.0 Å². The van der Waals surface area contributed by atoms with Crippen LogP contribution in [0.5, 0.6) is 0 Å². The summed E-state index contributed by atoms with van der Waals surface area (Å²) in [6.07, 6.45) is 0. The largest absolute Gasteiger partial charge is 0.469 e. The van der Waals surface area contributed by atoms with Gasteiger partial charge in [-0.05, 0) is 17.2 Å². The molecule has 0 saturated carbocycles. The molecule has 0 aliphatic carbocycles. The van der Waals surface area contributed by atoms with E-state index in [9.17, 15) is 9.59 Å². The molecule has 0 aromatic heterocycles. The second-order valence-electron chi connectivity index (χ2n) is 6.27. The quantitative estimate of drug-likeness (QED) is 0.614. The molecule has 2 aromatic carbocycles. The SMILES string of the molecule is COC(=O)C(C)CN(Cc1ccccc1)C(=O)COCc1ccccc1Cl. The number of carbonyl (C=O) groups excluding carboxylic acids is 2. The van der Waals surface area contributed by atoms with Crippen molar-refractivity contribution in [1.82, 2.24) is 4.90 Å². The molecule has 0 heterocycles. The van der Waals surface area contributed by atoms with E-state index in [1.54, 1.807) is 17.9 Å². The Hall–Kier alpha value is -2.37. The molecular formula is C21H24ClNO4. The van der Waals surface area contributed by atoms with Gasteiger partial charge in [0.1, 0.15) is 6.61 Å². The fraction of sp³-hybridized carbons (Fsp3) is 0.333. The van der Waals surface area contributed by atoms with Gasteiger partial charge in [0.25, 0.3) is 0 Å². The molecular weight excluding hydrogens is 366 g/mol. The number of amides is 1. The minimum Gasteiger partial charge on any atom is -0.469 e. The lowest BCUT2D eigenvalue weighted by molar-refractivity contribution is -0.147. The summed E-state index contributed by atoms with van der Waals surface area (Å²) in [5.41, 5.74) is 1.80. The fourth-order valence-electron chi connectivity index (χ4n) is 2.62. The zero-order valence-corrected chi connectivity index (χ0v) is 16.3. The van der Waals surface area contributed by atoms with Crippen LogP contribution in [0.2, 0.25) is 5.02 Å². The molecule has 5 nitrogen and oxygen atoms in total. The van der Waals surface area contributed by atoms with Gasteiger partial charge in [-0.2, -0.15) is 0 Å². The maximum absolute atomic E-state index is 12.7. The van der Waals surface area contributed by atoms with E-state index >= 15 is 0 Å². The Kier molecular flexibility index (Phi) is 8.30. The van der Waals surface area contributed by atoms with E-state index in [0.29, 0.717) is 11.6 Å². The third-order valence-corrected chi connectivity index (χ3v) is 4.48. The number of esters is 1. The third-order valence-electron chi connectivity index (χ3n) is 4.11. The van der Waals surface area contributed by atoms with Gasteiger partial charge in [0, 0.05) is 18.1 Å². The molecule has 1 amide bonds. The highest BCUT2D eigenvalue weighted by Crippen LogP contribution is 2.16. The molecule has 0 aliphatic heterocycles. The first-order valence-electron chi connectivity index (χ1n) is 8.72. The van der Waals surface area contributed by atoms with Crippen LogP contribution in [0.25, 0.3) is 0 Å². The van der Waals surface area contributed by atoms with Crippen LogP contribution in [0.4, 0.5) is 0 Å². The predicted octanol–water partition coefficient (Wildman–Crippen LogP) is 3.69. The Bertz CT molecular complexity index is 751. The lowest BCUT2D eigenvalue weighted by Crippen LogP contribution is -2.38. The van der Waals surface area contributed by atoms with Gasteiger partial charge in [0.15, 0.2) is 0 Å². The number of nitrogens with zero attached hydrogens (tertiary/aromatic N) is 1. The van der Waals surface area contributed by atoms with Crippen LogP contribution >= 0.6 is 11.6 Å². The van der Waals surface area contributed by atoms with E-state index in [1.165, 1.54) is 7.11 Å². The maximum atomic E-state index is 12.7. The highest BCUT2D eigenvalue weighted by molar-refractivity contribution is 6.31. The molecule has 2 rings (SSSR count). The summed E-state index contributed by atoms with van der Waals surface area (Å²) in [5.74, 6) is -0.967. The van der Waals surface area contributed by atoms with Crippen molar-refractivity contribution >= 4 is 23.5 Å². The molecule has 0 bridgehead atoms. The molecule has 2 aromatic rings. The zero-order chi connectivity index (χ0) is 19.6. The summed E-state index contributed by atoms with van der Waals surface area (Å²) >= 11 is 6.10. The second-order valence-corrected chi connectivity index (χ2v) is 6.68. The van der Waals surface area contributed by atoms with Crippen molar-refractivity contribution in [2.24, 2.45) is 5.92 Å². The summed E-state index contributed by atoms with van der Waals surface area (Å²) in [4.78, 5) is 26.1. The Labute approximate surface area is 164 Å². The molecule has 1 unspecified atom stereocenters. The first-order chi connectivity index (χ1) is 13.0. The summed E-state index contributed by atoms with van der Waals surface area (Å²) in [6, 6.07) is 17.0. The fourth-order valence-corrected chi connectivity index (χ4v) is 2.81. The zero-order valence-electron chi connectivity index (χ0n) is 15.6. The standard InChI is InChI=1S/C21H24ClNO4/c1-16(21(25)26-2)12-23(13-17-8-4-3-5-9-17)20(24)15-27-14-18-10-6-7-11-19(18)22/h3-11,16H,12-15H2,1-2H3. The highest BCUT2D eigenvalue weighted by atomic mass is 35.5. The molecule has 144 valence electrons. The number of ether oxygens (including phenoxy) is 2. The molecule has 1 atom stereocenters. The van der Waals surface area contributed by atoms with E-state index in [2.05, 4.69) is 0 Å². The van der Waals surface area contributed by atoms with Gasteiger partial charge in [-0.3, -0.25) is 9.59 Å². The number of rotatable bonds is 9. The average molecular weight is 390 g/mol. The van der Waals surface area contributed by atoms with E-state index in [4.69, 9.17) is 21.1 Å². The molecule has 0 saturated heterocycles. The number of hydrogen-bond acceptors (Lipinski definition) is 4. The number of carbonyl (C=O) groups is 2. The van der Waals surface area contributed by atoms with Gasteiger partial charge in [-0.1, -0.05) is 67.1 Å². The van der Waals surface area contributed by atoms with E-state index < -0.39 is 5.92 Å². The van der Waals surface area contributed by atoms with Crippen molar-refractivity contribution in [2.45, 2.75) is 20.1 Å². The van der Waals surface area contributed by atoms with Gasteiger partial charge in [0.05, 0.1) is 19.6 Å². The normalized spacial score (nSPS) is 11.7. The van der Waals surface area contributed by atoms with Crippen LogP contribution < -0.4 is 0 Å². The summed E-state index contributed by atoms with van der Waals surface area (Å²) in [7, 11) is 1.34. The minimum atomic E-state index is -0.425. The summed E-state index contributed by atoms with van der Waals surface area (Å²) in [6.45, 7) is 2.55. The molecule has 6 heteroatoms. The summed E-state index contributed by atoms with van der Waals surface area (Å²) < 4.78 is 10.3. The second kappa shape index (κ2) is 10.7. The molecule has 0 fully saturated rings. The number of methoxy groups -OCH3 is 1. The molecule has 0 aliphatic rings. The first-order valence-corrected chi connectivity index (χ1v) is 9.09. The van der Waals surface area contributed by atoms with Crippen LogP contribution in [0.1, 0.15) is 18.1 Å². The monoisotopic (exact) mass is 389 g/mol. The smallest absolute Gasteiger partial charge is 0.310 e. The topological polar surface area (TPSA) is 55.8 Å². The Balaban J connectivity index is 1.99. The minimum absolute atomic E-state index is 0.0913. The van der Waals surface area contributed by atoms with Crippen LogP contribution in [0.3, 0.4) is 0 Å². The van der Waals surface area contributed by atoms with E-state index in [1.807, 2.05) is 48.5 Å². The lowest BCUT2D eigenvalue weighted by atomic mass is 10.1. The van der Waals surface area contributed by atoms with Crippen LogP contribution in [0, 0.1) is 5.92 Å².